The molecule has 1 aliphatic heterocycles. The molecule has 0 bridgehead atoms. The number of benzene rings is 2. The smallest absolute Gasteiger partial charge is 0.286 e. The van der Waals surface area contributed by atoms with Crippen LogP contribution >= 0.6 is 35.0 Å². The molecule has 8 heteroatoms. The Kier molecular flexibility index (Phi) is 5.50. The molecule has 0 spiro atoms. The predicted octanol–water partition coefficient (Wildman–Crippen LogP) is 5.10. The number of carbonyl (C=O) groups is 2. The lowest BCUT2D eigenvalue weighted by molar-refractivity contribution is -0.117. The number of hydrogen-bond acceptors (Lipinski definition) is 3. The first-order chi connectivity index (χ1) is 13.9. The van der Waals surface area contributed by atoms with Gasteiger partial charge in [-0.15, -0.1) is 0 Å². The monoisotopic (exact) mass is 443 g/mol. The Morgan fingerprint density at radius 3 is 2.79 bits per heavy atom. The fourth-order valence-corrected chi connectivity index (χ4v) is 4.43. The molecule has 5 nitrogen and oxygen atoms in total. The van der Waals surface area contributed by atoms with Gasteiger partial charge in [-0.2, -0.15) is 4.99 Å². The van der Waals surface area contributed by atoms with E-state index < -0.39 is 0 Å². The van der Waals surface area contributed by atoms with E-state index in [1.54, 1.807) is 12.1 Å². The third-order valence-corrected chi connectivity index (χ3v) is 5.85. The molecule has 2 heterocycles. The number of amides is 2. The maximum atomic E-state index is 12.2. The lowest BCUT2D eigenvalue weighted by atomic mass is 10.1. The summed E-state index contributed by atoms with van der Waals surface area (Å²) in [5.74, 6) is -0.627. The average molecular weight is 444 g/mol. The number of hydrogen-bond donors (Lipinski definition) is 1. The van der Waals surface area contributed by atoms with Crippen molar-refractivity contribution in [3.05, 3.63) is 74.7 Å². The quantitative estimate of drug-likeness (QED) is 0.572. The van der Waals surface area contributed by atoms with Gasteiger partial charge in [0.15, 0.2) is 5.17 Å². The maximum absolute atomic E-state index is 12.2. The van der Waals surface area contributed by atoms with E-state index in [1.165, 1.54) is 6.92 Å². The van der Waals surface area contributed by atoms with Gasteiger partial charge in [-0.3, -0.25) is 9.59 Å². The molecule has 0 radical (unpaired) electrons. The molecule has 1 aromatic heterocycles. The van der Waals surface area contributed by atoms with Crippen molar-refractivity contribution in [2.45, 2.75) is 13.5 Å². The number of nitrogens with one attached hydrogen (secondary N) is 1. The van der Waals surface area contributed by atoms with Crippen molar-refractivity contribution < 1.29 is 9.59 Å². The van der Waals surface area contributed by atoms with Crippen LogP contribution in [0.15, 0.2) is 58.6 Å². The number of aliphatic imine (C=N–C) groups is 1. The normalized spacial score (nSPS) is 15.2. The minimum absolute atomic E-state index is 0.262. The molecule has 2 amide bonds. The van der Waals surface area contributed by atoms with E-state index >= 15 is 0 Å². The lowest BCUT2D eigenvalue weighted by Crippen LogP contribution is -2.23. The molecule has 1 aliphatic rings. The van der Waals surface area contributed by atoms with Crippen molar-refractivity contribution in [2.75, 3.05) is 0 Å². The Morgan fingerprint density at radius 2 is 2.03 bits per heavy atom. The minimum atomic E-state index is -0.365. The fraction of sp³-hybridized carbons (Fsp3) is 0.0952. The highest BCUT2D eigenvalue weighted by Crippen LogP contribution is 2.31. The number of amidine groups is 1. The molecule has 3 aromatic rings. The van der Waals surface area contributed by atoms with Crippen molar-refractivity contribution in [3.8, 4) is 0 Å². The first-order valence-corrected chi connectivity index (χ1v) is 10.3. The molecule has 0 saturated carbocycles. The van der Waals surface area contributed by atoms with Crippen LogP contribution in [-0.4, -0.2) is 21.5 Å². The highest BCUT2D eigenvalue weighted by Gasteiger charge is 2.23. The molecular formula is C21H15Cl2N3O2S. The van der Waals surface area contributed by atoms with Gasteiger partial charge >= 0.3 is 0 Å². The van der Waals surface area contributed by atoms with Gasteiger partial charge in [0.25, 0.3) is 5.91 Å². The van der Waals surface area contributed by atoms with Gasteiger partial charge in [0, 0.05) is 46.2 Å². The summed E-state index contributed by atoms with van der Waals surface area (Å²) in [7, 11) is 0. The zero-order valence-corrected chi connectivity index (χ0v) is 17.6. The zero-order valence-electron chi connectivity index (χ0n) is 15.3. The van der Waals surface area contributed by atoms with Gasteiger partial charge in [0.2, 0.25) is 5.91 Å². The number of fused-ring (bicyclic) bond motifs is 1. The van der Waals surface area contributed by atoms with Crippen molar-refractivity contribution >= 4 is 68.9 Å². The third-order valence-electron chi connectivity index (χ3n) is 4.37. The summed E-state index contributed by atoms with van der Waals surface area (Å²) >= 11 is 13.5. The SMILES string of the molecule is CC(=O)NC1=NC(=O)/C(=C/c2cn(Cc3ccc(Cl)cc3Cl)c3ccccc23)S1. The predicted molar refractivity (Wildman–Crippen MR) is 119 cm³/mol. The summed E-state index contributed by atoms with van der Waals surface area (Å²) in [5.41, 5.74) is 2.85. The summed E-state index contributed by atoms with van der Waals surface area (Å²) < 4.78 is 2.08. The van der Waals surface area contributed by atoms with Crippen LogP contribution in [-0.2, 0) is 16.1 Å². The number of para-hydroxylation sites is 1. The molecule has 0 saturated heterocycles. The second kappa shape index (κ2) is 8.06. The van der Waals surface area contributed by atoms with Crippen molar-refractivity contribution in [3.63, 3.8) is 0 Å². The van der Waals surface area contributed by atoms with Crippen LogP contribution in [0.3, 0.4) is 0 Å². The lowest BCUT2D eigenvalue weighted by Gasteiger charge is -2.08. The Balaban J connectivity index is 1.70. The van der Waals surface area contributed by atoms with E-state index in [1.807, 2.05) is 42.6 Å². The van der Waals surface area contributed by atoms with Crippen LogP contribution in [0.4, 0.5) is 0 Å². The number of carbonyl (C=O) groups excluding carboxylic acids is 2. The third kappa shape index (κ3) is 4.24. The van der Waals surface area contributed by atoms with E-state index in [0.717, 1.165) is 33.8 Å². The highest BCUT2D eigenvalue weighted by molar-refractivity contribution is 8.18. The second-order valence-electron chi connectivity index (χ2n) is 6.48. The van der Waals surface area contributed by atoms with Gasteiger partial charge in [0.1, 0.15) is 0 Å². The van der Waals surface area contributed by atoms with Crippen LogP contribution in [0.1, 0.15) is 18.1 Å². The van der Waals surface area contributed by atoms with E-state index in [-0.39, 0.29) is 11.8 Å². The Labute approximate surface area is 181 Å². The topological polar surface area (TPSA) is 63.5 Å². The number of thioether (sulfide) groups is 1. The highest BCUT2D eigenvalue weighted by atomic mass is 35.5. The zero-order chi connectivity index (χ0) is 20.5. The molecule has 0 fully saturated rings. The van der Waals surface area contributed by atoms with Gasteiger partial charge in [0.05, 0.1) is 4.91 Å². The van der Waals surface area contributed by atoms with E-state index in [2.05, 4.69) is 14.9 Å². The summed E-state index contributed by atoms with van der Waals surface area (Å²) in [5, 5.41) is 5.05. The Morgan fingerprint density at radius 1 is 1.24 bits per heavy atom. The molecule has 4 rings (SSSR count). The molecule has 29 heavy (non-hydrogen) atoms. The molecule has 2 aromatic carbocycles. The van der Waals surface area contributed by atoms with Crippen molar-refractivity contribution in [2.24, 2.45) is 4.99 Å². The summed E-state index contributed by atoms with van der Waals surface area (Å²) in [6.45, 7) is 1.94. The molecule has 146 valence electrons. The van der Waals surface area contributed by atoms with Crippen LogP contribution < -0.4 is 5.32 Å². The number of rotatable bonds is 3. The Bertz CT molecular complexity index is 1210. The number of nitrogens with zero attached hydrogens (tertiary/aromatic N) is 2. The largest absolute Gasteiger partial charge is 0.342 e. The van der Waals surface area contributed by atoms with Crippen molar-refractivity contribution in [1.82, 2.24) is 9.88 Å². The van der Waals surface area contributed by atoms with Gasteiger partial charge in [-0.1, -0.05) is 47.5 Å². The number of aromatic nitrogens is 1. The second-order valence-corrected chi connectivity index (χ2v) is 8.35. The Hall–Kier alpha value is -2.54. The van der Waals surface area contributed by atoms with Crippen molar-refractivity contribution in [1.29, 1.82) is 0 Å². The van der Waals surface area contributed by atoms with Crippen LogP contribution in [0.5, 0.6) is 0 Å². The van der Waals surface area contributed by atoms with Crippen LogP contribution in [0.25, 0.3) is 17.0 Å². The minimum Gasteiger partial charge on any atom is -0.342 e. The van der Waals surface area contributed by atoms with Gasteiger partial charge in [-0.25, -0.2) is 0 Å². The van der Waals surface area contributed by atoms with E-state index in [0.29, 0.717) is 26.7 Å². The average Bonchev–Trinajstić information content (AvgIpc) is 3.18. The molecular weight excluding hydrogens is 429 g/mol. The van der Waals surface area contributed by atoms with Crippen LogP contribution in [0.2, 0.25) is 10.0 Å². The molecule has 0 aliphatic carbocycles. The summed E-state index contributed by atoms with van der Waals surface area (Å²) in [6.07, 6.45) is 3.78. The van der Waals surface area contributed by atoms with E-state index in [9.17, 15) is 9.59 Å². The summed E-state index contributed by atoms with van der Waals surface area (Å²) in [4.78, 5) is 27.8. The van der Waals surface area contributed by atoms with Gasteiger partial charge in [-0.05, 0) is 41.6 Å². The van der Waals surface area contributed by atoms with E-state index in [4.69, 9.17) is 23.2 Å². The molecule has 0 atom stereocenters. The van der Waals surface area contributed by atoms with Crippen LogP contribution in [0, 0.1) is 0 Å². The standard InChI is InChI=1S/C21H15Cl2N3O2S/c1-12(27)24-21-25-20(28)19(29-21)8-14-11-26(18-5-3-2-4-16(14)18)10-13-6-7-15(22)9-17(13)23/h2-9,11H,10H2,1H3,(H,24,25,27,28)/b19-8-. The first kappa shape index (κ1) is 19.8. The number of halogens is 2. The fourth-order valence-electron chi connectivity index (χ4n) is 3.11. The van der Waals surface area contributed by atoms with Gasteiger partial charge < -0.3 is 9.88 Å². The molecule has 0 unspecified atom stereocenters. The maximum Gasteiger partial charge on any atom is 0.286 e. The molecule has 1 N–H and O–H groups in total. The summed E-state index contributed by atoms with van der Waals surface area (Å²) in [6, 6.07) is 13.4. The first-order valence-electron chi connectivity index (χ1n) is 8.72.